The van der Waals surface area contributed by atoms with Gasteiger partial charge in [-0.05, 0) is 140 Å². The molecule has 12 rings (SSSR count). The van der Waals surface area contributed by atoms with Gasteiger partial charge in [0.25, 0.3) is 0 Å². The van der Waals surface area contributed by atoms with Gasteiger partial charge in [-0.15, -0.1) is 11.3 Å². The summed E-state index contributed by atoms with van der Waals surface area (Å²) < 4.78 is 11.8. The highest BCUT2D eigenvalue weighted by atomic mass is 32.1. The number of hydrogen-bond acceptors (Lipinski definition) is 5. The lowest BCUT2D eigenvalue weighted by Gasteiger charge is -2.29. The Bertz CT molecular complexity index is 3860. The van der Waals surface area contributed by atoms with E-state index in [4.69, 9.17) is 9.72 Å². The summed E-state index contributed by atoms with van der Waals surface area (Å²) in [6.45, 7) is 21.3. The number of pyridine rings is 1. The number of thiophene rings is 1. The average molecular weight is 957 g/mol. The highest BCUT2D eigenvalue weighted by Crippen LogP contribution is 2.47. The summed E-state index contributed by atoms with van der Waals surface area (Å²) in [5.41, 5.74) is 15.5. The molecule has 0 saturated carbocycles. The zero-order valence-corrected chi connectivity index (χ0v) is 43.5. The molecule has 0 spiro atoms. The summed E-state index contributed by atoms with van der Waals surface area (Å²) in [6.07, 6.45) is 1.94. The Kier molecular flexibility index (Phi) is 10.7. The second-order valence-corrected chi connectivity index (χ2v) is 23.7. The zero-order chi connectivity index (χ0) is 49.7. The van der Waals surface area contributed by atoms with Crippen molar-refractivity contribution in [1.82, 2.24) is 9.55 Å². The van der Waals surface area contributed by atoms with E-state index in [0.717, 1.165) is 44.8 Å². The second-order valence-electron chi connectivity index (χ2n) is 22.6. The third-order valence-corrected chi connectivity index (χ3v) is 15.7. The first kappa shape index (κ1) is 45.5. The van der Waals surface area contributed by atoms with Crippen LogP contribution in [0.4, 0.5) is 22.7 Å². The van der Waals surface area contributed by atoms with Crippen molar-refractivity contribution in [2.75, 3.05) is 16.5 Å². The molecule has 0 atom stereocenters. The molecule has 356 valence electrons. The molecule has 1 aliphatic rings. The Morgan fingerprint density at radius 3 is 1.82 bits per heavy atom. The van der Waals surface area contributed by atoms with Crippen LogP contribution in [-0.2, 0) is 16.2 Å². The van der Waals surface area contributed by atoms with Crippen LogP contribution in [0.5, 0.6) is 11.5 Å². The van der Waals surface area contributed by atoms with Gasteiger partial charge in [0, 0.05) is 60.6 Å². The first-order valence-electron chi connectivity index (χ1n) is 25.2. The third-order valence-electron chi connectivity index (χ3n) is 14.6. The lowest BCUT2D eigenvalue weighted by Crippen LogP contribution is -2.25. The molecule has 4 heterocycles. The molecule has 0 unspecified atom stereocenters. The van der Waals surface area contributed by atoms with E-state index in [9.17, 15) is 0 Å². The van der Waals surface area contributed by atoms with Crippen LogP contribution in [0.15, 0.2) is 188 Å². The number of aromatic nitrogens is 2. The highest BCUT2D eigenvalue weighted by molar-refractivity contribution is 7.25. The molecule has 0 radical (unpaired) electrons. The fourth-order valence-corrected chi connectivity index (χ4v) is 11.6. The maximum absolute atomic E-state index is 6.87. The number of nitrogens with zero attached hydrogens (tertiary/aromatic N) is 4. The standard InChI is InChI=1S/C66H60N4OS/c1-64(2,3)45-32-33-67-62(38-45)70-56-31-28-44(42-24-26-43(27-25-42)52-19-15-23-61-63(52)54-18-10-13-22-60(54)72-61)34-55(56)53-30-29-51(40-59(53)70)71-50-17-14-16-48(39-50)68-41-69(58-21-12-11-20-57(58)68)49-36-46(65(4,5)6)35-47(37-49)66(7,8)9/h10-40H,41H2,1-9H3. The highest BCUT2D eigenvalue weighted by Gasteiger charge is 2.31. The van der Waals surface area contributed by atoms with Crippen LogP contribution < -0.4 is 14.5 Å². The summed E-state index contributed by atoms with van der Waals surface area (Å²) in [6, 6.07) is 66.6. The van der Waals surface area contributed by atoms with Gasteiger partial charge < -0.3 is 14.5 Å². The molecular weight excluding hydrogens is 897 g/mol. The minimum atomic E-state index is -0.0458. The number of para-hydroxylation sites is 2. The Balaban J connectivity index is 0.901. The number of fused-ring (bicyclic) bond motifs is 7. The van der Waals surface area contributed by atoms with Gasteiger partial charge in [-0.1, -0.05) is 147 Å². The molecule has 8 aromatic carbocycles. The fourth-order valence-electron chi connectivity index (χ4n) is 10.5. The van der Waals surface area contributed by atoms with Gasteiger partial charge in [0.05, 0.1) is 22.4 Å². The summed E-state index contributed by atoms with van der Waals surface area (Å²) in [5, 5.41) is 4.95. The van der Waals surface area contributed by atoms with Crippen LogP contribution in [0, 0.1) is 0 Å². The number of ether oxygens (including phenoxy) is 1. The molecule has 0 saturated heterocycles. The molecule has 6 heteroatoms. The molecule has 0 fully saturated rings. The molecule has 0 aliphatic carbocycles. The first-order valence-corrected chi connectivity index (χ1v) is 26.0. The van der Waals surface area contributed by atoms with E-state index in [1.807, 2.05) is 17.5 Å². The Morgan fingerprint density at radius 2 is 1.08 bits per heavy atom. The molecule has 11 aromatic rings. The first-order chi connectivity index (χ1) is 34.5. The van der Waals surface area contributed by atoms with Crippen molar-refractivity contribution in [1.29, 1.82) is 0 Å². The summed E-state index contributed by atoms with van der Waals surface area (Å²) in [5.74, 6) is 2.42. The maximum atomic E-state index is 6.87. The Hall–Kier alpha value is -7.67. The monoisotopic (exact) mass is 956 g/mol. The number of hydrogen-bond donors (Lipinski definition) is 0. The van der Waals surface area contributed by atoms with Gasteiger partial charge in [-0.25, -0.2) is 4.98 Å². The van der Waals surface area contributed by atoms with E-state index in [1.54, 1.807) is 0 Å². The zero-order valence-electron chi connectivity index (χ0n) is 42.7. The molecule has 3 aromatic heterocycles. The largest absolute Gasteiger partial charge is 0.457 e. The Labute approximate surface area is 427 Å². The Morgan fingerprint density at radius 1 is 0.444 bits per heavy atom. The van der Waals surface area contributed by atoms with E-state index < -0.39 is 0 Å². The van der Waals surface area contributed by atoms with Crippen LogP contribution in [0.25, 0.3) is 70.0 Å². The molecular formula is C66H60N4OS. The van der Waals surface area contributed by atoms with E-state index in [-0.39, 0.29) is 16.2 Å². The lowest BCUT2D eigenvalue weighted by molar-refractivity contribution is 0.483. The van der Waals surface area contributed by atoms with Crippen molar-refractivity contribution in [2.24, 2.45) is 0 Å². The number of anilines is 4. The van der Waals surface area contributed by atoms with Gasteiger partial charge in [-0.3, -0.25) is 4.57 Å². The van der Waals surface area contributed by atoms with E-state index in [2.05, 4.69) is 259 Å². The number of benzene rings is 8. The molecule has 0 bridgehead atoms. The van der Waals surface area contributed by atoms with Crippen LogP contribution in [0.3, 0.4) is 0 Å². The second kappa shape index (κ2) is 17.0. The van der Waals surface area contributed by atoms with Crippen molar-refractivity contribution < 1.29 is 4.74 Å². The van der Waals surface area contributed by atoms with Crippen molar-refractivity contribution in [2.45, 2.75) is 78.6 Å². The minimum absolute atomic E-state index is 0.0125. The van der Waals surface area contributed by atoms with Crippen LogP contribution in [0.1, 0.15) is 79.0 Å². The van der Waals surface area contributed by atoms with Crippen LogP contribution >= 0.6 is 11.3 Å². The molecule has 0 amide bonds. The van der Waals surface area contributed by atoms with Crippen molar-refractivity contribution >= 4 is 76.1 Å². The topological polar surface area (TPSA) is 33.5 Å². The van der Waals surface area contributed by atoms with E-state index >= 15 is 0 Å². The van der Waals surface area contributed by atoms with Gasteiger partial charge in [0.15, 0.2) is 0 Å². The van der Waals surface area contributed by atoms with Crippen LogP contribution in [0.2, 0.25) is 0 Å². The van der Waals surface area contributed by atoms with E-state index in [1.165, 1.54) is 76.2 Å². The van der Waals surface area contributed by atoms with Gasteiger partial charge >= 0.3 is 0 Å². The molecule has 5 nitrogen and oxygen atoms in total. The molecule has 0 N–H and O–H groups in total. The van der Waals surface area contributed by atoms with Gasteiger partial charge in [-0.2, -0.15) is 0 Å². The van der Waals surface area contributed by atoms with Gasteiger partial charge in [0.2, 0.25) is 0 Å². The van der Waals surface area contributed by atoms with Gasteiger partial charge in [0.1, 0.15) is 24.0 Å². The quantitative estimate of drug-likeness (QED) is 0.159. The van der Waals surface area contributed by atoms with Crippen molar-refractivity contribution in [3.63, 3.8) is 0 Å². The predicted octanol–water partition coefficient (Wildman–Crippen LogP) is 18.8. The third kappa shape index (κ3) is 8.08. The van der Waals surface area contributed by atoms with E-state index in [0.29, 0.717) is 6.67 Å². The minimum Gasteiger partial charge on any atom is -0.457 e. The normalized spacial score (nSPS) is 13.2. The molecule has 1 aliphatic heterocycles. The summed E-state index contributed by atoms with van der Waals surface area (Å²) in [4.78, 5) is 9.87. The SMILES string of the molecule is CC(C)(C)c1cc(N2CN(c3cccc(Oc4ccc5c6cc(-c7ccc(-c8cccc9sc%10ccccc%10c89)cc7)ccc6n(-c6cc(C(C)(C)C)ccn6)c5c4)c3)c3ccccc32)cc(C(C)(C)C)c1. The molecule has 72 heavy (non-hydrogen) atoms. The maximum Gasteiger partial charge on any atom is 0.137 e. The fraction of sp³-hybridized carbons (Fsp3) is 0.197. The average Bonchev–Trinajstić information content (AvgIpc) is 4.05. The van der Waals surface area contributed by atoms with Crippen molar-refractivity contribution in [3.8, 4) is 39.6 Å². The smallest absolute Gasteiger partial charge is 0.137 e. The summed E-state index contributed by atoms with van der Waals surface area (Å²) in [7, 11) is 0. The predicted molar refractivity (Wildman–Crippen MR) is 307 cm³/mol. The number of rotatable bonds is 7. The summed E-state index contributed by atoms with van der Waals surface area (Å²) >= 11 is 1.86. The lowest BCUT2D eigenvalue weighted by atomic mass is 9.80. The van der Waals surface area contributed by atoms with Crippen LogP contribution in [-0.4, -0.2) is 16.2 Å². The van der Waals surface area contributed by atoms with Crippen molar-refractivity contribution in [3.05, 3.63) is 205 Å².